The van der Waals surface area contributed by atoms with Gasteiger partial charge in [-0.15, -0.1) is 0 Å². The molecule has 1 aromatic carbocycles. The van der Waals surface area contributed by atoms with Gasteiger partial charge in [0.25, 0.3) is 5.91 Å². The summed E-state index contributed by atoms with van der Waals surface area (Å²) in [4.78, 5) is 48.2. The molecule has 0 aromatic heterocycles. The molecular formula is C25H31NO12. The van der Waals surface area contributed by atoms with Crippen LogP contribution in [0.3, 0.4) is 0 Å². The molecule has 0 aliphatic carbocycles. The quantitative estimate of drug-likeness (QED) is 0.149. The fraction of sp³-hybridized carbons (Fsp3) is 0.520. The van der Waals surface area contributed by atoms with Crippen LogP contribution in [-0.2, 0) is 39.8 Å². The standard InChI is InChI=1S/C25H31NO12/c1-12(16(36-14(3)27)13(2)11-15-7-5-4-6-8-15)9-10-23-17(28)18(29)25(38-23,22(33)34)24(35,21(31)32)19(37-23)20(26)30/h4-8,13,16-19,28-29,35H,1,9-11H2,2-3H3,(H2,26,30)(H,31,32)(H,33,34). The first-order chi connectivity index (χ1) is 17.6. The summed E-state index contributed by atoms with van der Waals surface area (Å²) in [5, 5.41) is 51.9. The number of aliphatic hydroxyl groups excluding tert-OH is 2. The zero-order valence-electron chi connectivity index (χ0n) is 20.8. The minimum atomic E-state index is -3.69. The van der Waals surface area contributed by atoms with Crippen molar-refractivity contribution in [3.8, 4) is 0 Å². The summed E-state index contributed by atoms with van der Waals surface area (Å²) >= 11 is 0. The van der Waals surface area contributed by atoms with E-state index in [1.165, 1.54) is 6.92 Å². The fourth-order valence-electron chi connectivity index (χ4n) is 5.21. The van der Waals surface area contributed by atoms with E-state index in [4.69, 9.17) is 19.9 Å². The first kappa shape index (κ1) is 29.2. The second-order valence-corrected chi connectivity index (χ2v) is 9.67. The molecule has 13 nitrogen and oxygen atoms in total. The number of benzene rings is 1. The number of aliphatic carboxylic acids is 2. The Morgan fingerprint density at radius 2 is 1.71 bits per heavy atom. The van der Waals surface area contributed by atoms with Gasteiger partial charge in [-0.05, 0) is 24.0 Å². The molecule has 2 aliphatic rings. The average molecular weight is 538 g/mol. The average Bonchev–Trinajstić information content (AvgIpc) is 3.04. The number of nitrogens with two attached hydrogens (primary N) is 1. The van der Waals surface area contributed by atoms with Crippen LogP contribution in [0.25, 0.3) is 0 Å². The molecule has 7 N–H and O–H groups in total. The summed E-state index contributed by atoms with van der Waals surface area (Å²) in [6.45, 7) is 6.99. The Balaban J connectivity index is 1.93. The van der Waals surface area contributed by atoms with Gasteiger partial charge in [0.15, 0.2) is 11.9 Å². The van der Waals surface area contributed by atoms with Gasteiger partial charge in [-0.2, -0.15) is 0 Å². The number of rotatable bonds is 11. The lowest BCUT2D eigenvalue weighted by Crippen LogP contribution is -2.78. The number of carbonyl (C=O) groups excluding carboxylic acids is 2. The maximum Gasteiger partial charge on any atom is 0.342 e. The van der Waals surface area contributed by atoms with Crippen molar-refractivity contribution in [1.29, 1.82) is 0 Å². The van der Waals surface area contributed by atoms with Gasteiger partial charge >= 0.3 is 17.9 Å². The molecule has 2 bridgehead atoms. The molecule has 0 spiro atoms. The second-order valence-electron chi connectivity index (χ2n) is 9.67. The maximum absolute atomic E-state index is 12.2. The highest BCUT2D eigenvalue weighted by atomic mass is 16.8. The molecule has 13 heteroatoms. The summed E-state index contributed by atoms with van der Waals surface area (Å²) in [6, 6.07) is 9.33. The molecule has 8 atom stereocenters. The van der Waals surface area contributed by atoms with E-state index < -0.39 is 71.6 Å². The van der Waals surface area contributed by atoms with E-state index in [-0.39, 0.29) is 12.3 Å². The van der Waals surface area contributed by atoms with E-state index in [1.807, 2.05) is 37.3 Å². The fourth-order valence-corrected chi connectivity index (χ4v) is 5.21. The van der Waals surface area contributed by atoms with Gasteiger partial charge < -0.3 is 45.5 Å². The van der Waals surface area contributed by atoms with E-state index >= 15 is 0 Å². The Labute approximate surface area is 217 Å². The third kappa shape index (κ3) is 4.56. The Bertz CT molecular complexity index is 1120. The highest BCUT2D eigenvalue weighted by molar-refractivity contribution is 5.98. The zero-order valence-corrected chi connectivity index (χ0v) is 20.8. The Hall–Kier alpha value is -3.36. The topological polar surface area (TPSA) is 223 Å². The number of carboxylic acids is 2. The number of primary amides is 1. The molecular weight excluding hydrogens is 506 g/mol. The van der Waals surface area contributed by atoms with Crippen LogP contribution in [0.4, 0.5) is 0 Å². The number of ether oxygens (including phenoxy) is 3. The molecule has 1 aromatic rings. The molecule has 2 saturated heterocycles. The Kier molecular flexibility index (Phi) is 8.01. The smallest absolute Gasteiger partial charge is 0.342 e. The minimum absolute atomic E-state index is 0.159. The summed E-state index contributed by atoms with van der Waals surface area (Å²) in [6.07, 6.45) is -8.28. The van der Waals surface area contributed by atoms with E-state index in [0.717, 1.165) is 5.56 Å². The third-order valence-corrected chi connectivity index (χ3v) is 7.07. The second kappa shape index (κ2) is 10.4. The van der Waals surface area contributed by atoms with Crippen molar-refractivity contribution in [2.45, 2.75) is 74.5 Å². The summed E-state index contributed by atoms with van der Waals surface area (Å²) in [7, 11) is 0. The predicted molar refractivity (Wildman–Crippen MR) is 126 cm³/mol. The molecule has 0 saturated carbocycles. The molecule has 1 amide bonds. The van der Waals surface area contributed by atoms with E-state index in [1.54, 1.807) is 0 Å². The molecule has 208 valence electrons. The van der Waals surface area contributed by atoms with Crippen LogP contribution in [0.5, 0.6) is 0 Å². The highest BCUT2D eigenvalue weighted by Gasteiger charge is 2.84. The number of amides is 1. The Morgan fingerprint density at radius 3 is 2.21 bits per heavy atom. The largest absolute Gasteiger partial charge is 0.479 e. The monoisotopic (exact) mass is 537 g/mol. The van der Waals surface area contributed by atoms with Gasteiger partial charge in [-0.1, -0.05) is 43.8 Å². The van der Waals surface area contributed by atoms with Crippen molar-refractivity contribution in [2.24, 2.45) is 11.7 Å². The van der Waals surface area contributed by atoms with Crippen LogP contribution in [0, 0.1) is 5.92 Å². The lowest BCUT2D eigenvalue weighted by atomic mass is 9.74. The molecule has 0 radical (unpaired) electrons. The molecule has 2 heterocycles. The van der Waals surface area contributed by atoms with Crippen molar-refractivity contribution in [2.75, 3.05) is 0 Å². The van der Waals surface area contributed by atoms with Gasteiger partial charge in [-0.25, -0.2) is 9.59 Å². The van der Waals surface area contributed by atoms with Gasteiger partial charge in [-0.3, -0.25) is 9.59 Å². The van der Waals surface area contributed by atoms with E-state index in [0.29, 0.717) is 12.0 Å². The van der Waals surface area contributed by atoms with Crippen LogP contribution in [0.15, 0.2) is 42.5 Å². The SMILES string of the molecule is C=C(CCC12OC(C(N)=O)C(O)(C(=O)O)C(C(=O)O)(O1)C(O)C2O)C(OC(C)=O)C(C)Cc1ccccc1. The molecule has 38 heavy (non-hydrogen) atoms. The maximum atomic E-state index is 12.2. The van der Waals surface area contributed by atoms with Crippen molar-refractivity contribution in [3.63, 3.8) is 0 Å². The number of carbonyl (C=O) groups is 4. The van der Waals surface area contributed by atoms with Crippen molar-refractivity contribution >= 4 is 23.8 Å². The van der Waals surface area contributed by atoms with Gasteiger partial charge in [0.1, 0.15) is 18.3 Å². The van der Waals surface area contributed by atoms with Gasteiger partial charge in [0.2, 0.25) is 11.2 Å². The van der Waals surface area contributed by atoms with Crippen molar-refractivity contribution in [3.05, 3.63) is 48.0 Å². The van der Waals surface area contributed by atoms with E-state index in [9.17, 15) is 44.7 Å². The van der Waals surface area contributed by atoms with Crippen LogP contribution < -0.4 is 5.73 Å². The lowest BCUT2D eigenvalue weighted by molar-refractivity contribution is -0.371. The van der Waals surface area contributed by atoms with E-state index in [2.05, 4.69) is 6.58 Å². The molecule has 2 aliphatic heterocycles. The number of hydrogen-bond acceptors (Lipinski definition) is 10. The molecule has 8 unspecified atom stereocenters. The number of aliphatic hydroxyl groups is 3. The van der Waals surface area contributed by atoms with Crippen molar-refractivity contribution < 1.29 is 58.9 Å². The van der Waals surface area contributed by atoms with Crippen molar-refractivity contribution in [1.82, 2.24) is 0 Å². The molecule has 2 fully saturated rings. The van der Waals surface area contributed by atoms with Crippen LogP contribution in [0.2, 0.25) is 0 Å². The predicted octanol–water partition coefficient (Wildman–Crippen LogP) is -0.895. The summed E-state index contributed by atoms with van der Waals surface area (Å²) in [5.41, 5.74) is -0.599. The third-order valence-electron chi connectivity index (χ3n) is 7.07. The van der Waals surface area contributed by atoms with Gasteiger partial charge in [0, 0.05) is 19.3 Å². The first-order valence-corrected chi connectivity index (χ1v) is 11.8. The number of fused-ring (bicyclic) bond motifs is 2. The lowest BCUT2D eigenvalue weighted by Gasteiger charge is -2.49. The zero-order chi connectivity index (χ0) is 28.6. The van der Waals surface area contributed by atoms with Crippen LogP contribution >= 0.6 is 0 Å². The normalized spacial score (nSPS) is 33.7. The van der Waals surface area contributed by atoms with Crippen LogP contribution in [0.1, 0.15) is 32.3 Å². The highest BCUT2D eigenvalue weighted by Crippen LogP contribution is 2.54. The summed E-state index contributed by atoms with van der Waals surface area (Å²) in [5.74, 6) is -9.38. The number of carboxylic acid groups (broad SMARTS) is 2. The summed E-state index contributed by atoms with van der Waals surface area (Å²) < 4.78 is 16.2. The first-order valence-electron chi connectivity index (χ1n) is 11.8. The minimum Gasteiger partial charge on any atom is -0.479 e. The number of esters is 1. The van der Waals surface area contributed by atoms with Crippen LogP contribution in [-0.4, -0.2) is 90.8 Å². The number of hydrogen-bond donors (Lipinski definition) is 6. The molecule has 3 rings (SSSR count). The van der Waals surface area contributed by atoms with Gasteiger partial charge in [0.05, 0.1) is 0 Å². The Morgan fingerprint density at radius 1 is 1.11 bits per heavy atom.